The van der Waals surface area contributed by atoms with Crippen LogP contribution in [-0.4, -0.2) is 54.4 Å². The standard InChI is InChI=1S/C21H30N2O3/c1-16-6-3-7-17(2)20(16)26-15-4-8-19(24)22-11-5-12-23(14-13-22)21(25)18-9-10-18/h3,6-7,18H,4-5,8-15H2,1-2H3. The zero-order valence-corrected chi connectivity index (χ0v) is 16.0. The molecule has 1 aromatic carbocycles. The molecule has 0 radical (unpaired) electrons. The molecule has 1 aliphatic heterocycles. The molecule has 5 nitrogen and oxygen atoms in total. The number of ether oxygens (including phenoxy) is 1. The normalized spacial score (nSPS) is 17.8. The minimum absolute atomic E-state index is 0.177. The molecule has 142 valence electrons. The number of hydrogen-bond donors (Lipinski definition) is 0. The quantitative estimate of drug-likeness (QED) is 0.735. The maximum absolute atomic E-state index is 12.5. The summed E-state index contributed by atoms with van der Waals surface area (Å²) in [4.78, 5) is 28.6. The van der Waals surface area contributed by atoms with Crippen molar-refractivity contribution in [3.63, 3.8) is 0 Å². The molecule has 1 aliphatic carbocycles. The molecule has 2 amide bonds. The van der Waals surface area contributed by atoms with Gasteiger partial charge in [-0.2, -0.15) is 0 Å². The summed E-state index contributed by atoms with van der Waals surface area (Å²) in [6.07, 6.45) is 4.18. The van der Waals surface area contributed by atoms with Gasteiger partial charge in [0, 0.05) is 38.5 Å². The maximum Gasteiger partial charge on any atom is 0.225 e. The van der Waals surface area contributed by atoms with E-state index in [9.17, 15) is 9.59 Å². The number of hydrogen-bond acceptors (Lipinski definition) is 3. The van der Waals surface area contributed by atoms with Gasteiger partial charge in [0.1, 0.15) is 5.75 Å². The number of para-hydroxylation sites is 1. The van der Waals surface area contributed by atoms with Gasteiger partial charge in [0.25, 0.3) is 0 Å². The van der Waals surface area contributed by atoms with Crippen LogP contribution in [0.3, 0.4) is 0 Å². The van der Waals surface area contributed by atoms with Gasteiger partial charge in [0.05, 0.1) is 6.61 Å². The Hall–Kier alpha value is -2.04. The molecule has 0 N–H and O–H groups in total. The van der Waals surface area contributed by atoms with E-state index in [0.717, 1.165) is 49.2 Å². The Morgan fingerprint density at radius 2 is 1.69 bits per heavy atom. The summed E-state index contributed by atoms with van der Waals surface area (Å²) in [5, 5.41) is 0. The van der Waals surface area contributed by atoms with Crippen molar-refractivity contribution < 1.29 is 14.3 Å². The van der Waals surface area contributed by atoms with E-state index in [1.807, 2.05) is 41.8 Å². The Kier molecular flexibility index (Phi) is 6.17. The summed E-state index contributed by atoms with van der Waals surface area (Å²) in [6.45, 7) is 7.52. The molecule has 5 heteroatoms. The van der Waals surface area contributed by atoms with Crippen molar-refractivity contribution in [1.82, 2.24) is 9.80 Å². The molecule has 1 saturated heterocycles. The van der Waals surface area contributed by atoms with Crippen molar-refractivity contribution in [1.29, 1.82) is 0 Å². The molecule has 0 aromatic heterocycles. The molecular weight excluding hydrogens is 328 g/mol. The largest absolute Gasteiger partial charge is 0.493 e. The number of amides is 2. The van der Waals surface area contributed by atoms with E-state index in [0.29, 0.717) is 38.4 Å². The van der Waals surface area contributed by atoms with Crippen molar-refractivity contribution in [2.75, 3.05) is 32.8 Å². The monoisotopic (exact) mass is 358 g/mol. The lowest BCUT2D eigenvalue weighted by Gasteiger charge is -2.22. The molecule has 3 rings (SSSR count). The average molecular weight is 358 g/mol. The first-order chi connectivity index (χ1) is 12.6. The maximum atomic E-state index is 12.5. The van der Waals surface area contributed by atoms with Crippen molar-refractivity contribution in [3.8, 4) is 5.75 Å². The van der Waals surface area contributed by atoms with Gasteiger partial charge in [-0.25, -0.2) is 0 Å². The van der Waals surface area contributed by atoms with Gasteiger partial charge in [-0.3, -0.25) is 9.59 Å². The van der Waals surface area contributed by atoms with Crippen LogP contribution in [0.5, 0.6) is 5.75 Å². The second kappa shape index (κ2) is 8.56. The van der Waals surface area contributed by atoms with Crippen LogP contribution in [0, 0.1) is 19.8 Å². The number of rotatable bonds is 6. The summed E-state index contributed by atoms with van der Waals surface area (Å²) < 4.78 is 5.89. The second-order valence-electron chi connectivity index (χ2n) is 7.51. The van der Waals surface area contributed by atoms with Crippen LogP contribution in [-0.2, 0) is 9.59 Å². The molecule has 1 saturated carbocycles. The Morgan fingerprint density at radius 3 is 2.38 bits per heavy atom. The molecule has 0 unspecified atom stereocenters. The van der Waals surface area contributed by atoms with E-state index < -0.39 is 0 Å². The fourth-order valence-corrected chi connectivity index (χ4v) is 3.56. The Morgan fingerprint density at radius 1 is 1.04 bits per heavy atom. The second-order valence-corrected chi connectivity index (χ2v) is 7.51. The lowest BCUT2D eigenvalue weighted by molar-refractivity contribution is -0.134. The summed E-state index contributed by atoms with van der Waals surface area (Å²) >= 11 is 0. The van der Waals surface area contributed by atoms with E-state index in [1.165, 1.54) is 0 Å². The van der Waals surface area contributed by atoms with Crippen LogP contribution in [0.25, 0.3) is 0 Å². The summed E-state index contributed by atoms with van der Waals surface area (Å²) in [6, 6.07) is 6.11. The van der Waals surface area contributed by atoms with E-state index in [1.54, 1.807) is 0 Å². The number of carbonyl (C=O) groups excluding carboxylic acids is 2. The molecule has 1 heterocycles. The van der Waals surface area contributed by atoms with Gasteiger partial charge in [0.15, 0.2) is 0 Å². The van der Waals surface area contributed by atoms with Crippen LogP contribution >= 0.6 is 0 Å². The zero-order chi connectivity index (χ0) is 18.5. The average Bonchev–Trinajstić information content (AvgIpc) is 3.46. The third kappa shape index (κ3) is 4.77. The topological polar surface area (TPSA) is 49.9 Å². The molecule has 0 atom stereocenters. The van der Waals surface area contributed by atoms with Crippen LogP contribution < -0.4 is 4.74 Å². The minimum Gasteiger partial charge on any atom is -0.493 e. The van der Waals surface area contributed by atoms with Crippen LogP contribution in [0.1, 0.15) is 43.2 Å². The first kappa shape index (κ1) is 18.7. The highest BCUT2D eigenvalue weighted by Crippen LogP contribution is 2.31. The smallest absolute Gasteiger partial charge is 0.225 e. The Bertz CT molecular complexity index is 634. The predicted octanol–water partition coefficient (Wildman–Crippen LogP) is 2.93. The van der Waals surface area contributed by atoms with Crippen molar-refractivity contribution >= 4 is 11.8 Å². The highest BCUT2D eigenvalue weighted by atomic mass is 16.5. The van der Waals surface area contributed by atoms with Crippen LogP contribution in [0.15, 0.2) is 18.2 Å². The number of nitrogens with zero attached hydrogens (tertiary/aromatic N) is 2. The molecular formula is C21H30N2O3. The van der Waals surface area contributed by atoms with Gasteiger partial charge < -0.3 is 14.5 Å². The summed E-state index contributed by atoms with van der Waals surface area (Å²) in [5.41, 5.74) is 2.26. The van der Waals surface area contributed by atoms with E-state index in [4.69, 9.17) is 4.74 Å². The third-order valence-corrected chi connectivity index (χ3v) is 5.28. The number of benzene rings is 1. The first-order valence-corrected chi connectivity index (χ1v) is 9.82. The third-order valence-electron chi connectivity index (χ3n) is 5.28. The van der Waals surface area contributed by atoms with E-state index >= 15 is 0 Å². The van der Waals surface area contributed by atoms with Crippen LogP contribution in [0.2, 0.25) is 0 Å². The predicted molar refractivity (Wildman–Crippen MR) is 101 cm³/mol. The molecule has 0 bridgehead atoms. The van der Waals surface area contributed by atoms with E-state index in [-0.39, 0.29) is 11.8 Å². The molecule has 2 aliphatic rings. The number of aryl methyl sites for hydroxylation is 2. The van der Waals surface area contributed by atoms with Gasteiger partial charge in [0.2, 0.25) is 11.8 Å². The Labute approximate surface area is 156 Å². The minimum atomic E-state index is 0.177. The molecule has 0 spiro atoms. The van der Waals surface area contributed by atoms with Gasteiger partial charge in [-0.1, -0.05) is 18.2 Å². The van der Waals surface area contributed by atoms with Gasteiger partial charge >= 0.3 is 0 Å². The van der Waals surface area contributed by atoms with Gasteiger partial charge in [-0.05, 0) is 50.7 Å². The van der Waals surface area contributed by atoms with Crippen molar-refractivity contribution in [2.45, 2.75) is 46.0 Å². The fourth-order valence-electron chi connectivity index (χ4n) is 3.56. The fraction of sp³-hybridized carbons (Fsp3) is 0.619. The van der Waals surface area contributed by atoms with Crippen LogP contribution in [0.4, 0.5) is 0 Å². The summed E-state index contributed by atoms with van der Waals surface area (Å²) in [7, 11) is 0. The van der Waals surface area contributed by atoms with E-state index in [2.05, 4.69) is 0 Å². The molecule has 1 aromatic rings. The highest BCUT2D eigenvalue weighted by molar-refractivity contribution is 5.81. The Balaban J connectivity index is 1.40. The van der Waals surface area contributed by atoms with Crippen molar-refractivity contribution in [2.24, 2.45) is 5.92 Å². The molecule has 26 heavy (non-hydrogen) atoms. The number of carbonyl (C=O) groups is 2. The van der Waals surface area contributed by atoms with Gasteiger partial charge in [-0.15, -0.1) is 0 Å². The highest BCUT2D eigenvalue weighted by Gasteiger charge is 2.34. The lowest BCUT2D eigenvalue weighted by atomic mass is 10.1. The van der Waals surface area contributed by atoms with Crippen molar-refractivity contribution in [3.05, 3.63) is 29.3 Å². The zero-order valence-electron chi connectivity index (χ0n) is 16.0. The molecule has 2 fully saturated rings. The SMILES string of the molecule is Cc1cccc(C)c1OCCCC(=O)N1CCCN(C(=O)C2CC2)CC1. The first-order valence-electron chi connectivity index (χ1n) is 9.82. The lowest BCUT2D eigenvalue weighted by Crippen LogP contribution is -2.38. The summed E-state index contributed by atoms with van der Waals surface area (Å²) in [5.74, 6) is 1.67.